The molecule has 1 aromatic carbocycles. The van der Waals surface area contributed by atoms with E-state index in [1.807, 2.05) is 6.92 Å². The van der Waals surface area contributed by atoms with E-state index in [-0.39, 0.29) is 0 Å². The summed E-state index contributed by atoms with van der Waals surface area (Å²) in [7, 11) is 1.49. The first-order valence-corrected chi connectivity index (χ1v) is 6.83. The number of rotatable bonds is 6. The van der Waals surface area contributed by atoms with Crippen LogP contribution in [0.25, 0.3) is 0 Å². The monoisotopic (exact) mass is 290 g/mol. The minimum atomic E-state index is -0.668. The summed E-state index contributed by atoms with van der Waals surface area (Å²) in [6.07, 6.45) is 4.12. The lowest BCUT2D eigenvalue weighted by molar-refractivity contribution is 0.315. The zero-order valence-electron chi connectivity index (χ0n) is 12.2. The summed E-state index contributed by atoms with van der Waals surface area (Å²) in [6.45, 7) is 2.62. The SMILES string of the molecule is CCCOc1cncc(C(N)c2c(F)cccc2OC)c1. The molecule has 0 saturated heterocycles. The zero-order chi connectivity index (χ0) is 15.2. The van der Waals surface area contributed by atoms with Gasteiger partial charge in [-0.3, -0.25) is 4.98 Å². The largest absolute Gasteiger partial charge is 0.496 e. The number of pyridine rings is 1. The van der Waals surface area contributed by atoms with Crippen molar-refractivity contribution in [2.24, 2.45) is 5.73 Å². The van der Waals surface area contributed by atoms with Crippen LogP contribution < -0.4 is 15.2 Å². The Bertz CT molecular complexity index is 605. The molecule has 1 heterocycles. The predicted octanol–water partition coefficient (Wildman–Crippen LogP) is 3.07. The maximum atomic E-state index is 14.1. The van der Waals surface area contributed by atoms with Crippen LogP contribution in [0.4, 0.5) is 4.39 Å². The van der Waals surface area contributed by atoms with E-state index in [0.29, 0.717) is 29.2 Å². The second kappa shape index (κ2) is 7.04. The number of benzene rings is 1. The Hall–Kier alpha value is -2.14. The average Bonchev–Trinajstić information content (AvgIpc) is 2.52. The molecule has 0 aliphatic rings. The summed E-state index contributed by atoms with van der Waals surface area (Å²) in [5.41, 5.74) is 7.16. The lowest BCUT2D eigenvalue weighted by atomic mass is 9.99. The highest BCUT2D eigenvalue weighted by molar-refractivity contribution is 5.42. The molecule has 1 aromatic heterocycles. The molecule has 0 aliphatic carbocycles. The van der Waals surface area contributed by atoms with E-state index >= 15 is 0 Å². The molecule has 4 nitrogen and oxygen atoms in total. The van der Waals surface area contributed by atoms with Crippen molar-refractivity contribution in [2.45, 2.75) is 19.4 Å². The smallest absolute Gasteiger partial charge is 0.137 e. The number of aromatic nitrogens is 1. The van der Waals surface area contributed by atoms with Crippen molar-refractivity contribution >= 4 is 0 Å². The Morgan fingerprint density at radius 2 is 2.14 bits per heavy atom. The molecular weight excluding hydrogens is 271 g/mol. The summed E-state index contributed by atoms with van der Waals surface area (Å²) in [5, 5.41) is 0. The van der Waals surface area contributed by atoms with Crippen LogP contribution in [0.3, 0.4) is 0 Å². The maximum Gasteiger partial charge on any atom is 0.137 e. The highest BCUT2D eigenvalue weighted by atomic mass is 19.1. The predicted molar refractivity (Wildman–Crippen MR) is 79.0 cm³/mol. The molecule has 2 aromatic rings. The van der Waals surface area contributed by atoms with Gasteiger partial charge in [-0.25, -0.2) is 4.39 Å². The topological polar surface area (TPSA) is 57.4 Å². The Kier molecular flexibility index (Phi) is 5.11. The number of nitrogens with zero attached hydrogens (tertiary/aromatic N) is 1. The van der Waals surface area contributed by atoms with Crippen LogP contribution in [0.15, 0.2) is 36.7 Å². The van der Waals surface area contributed by atoms with Gasteiger partial charge in [0.2, 0.25) is 0 Å². The van der Waals surface area contributed by atoms with Gasteiger partial charge in [-0.1, -0.05) is 13.0 Å². The van der Waals surface area contributed by atoms with Gasteiger partial charge in [0.05, 0.1) is 31.5 Å². The molecule has 0 spiro atoms. The fourth-order valence-electron chi connectivity index (χ4n) is 2.07. The lowest BCUT2D eigenvalue weighted by Crippen LogP contribution is -2.15. The van der Waals surface area contributed by atoms with E-state index in [1.165, 1.54) is 13.2 Å². The van der Waals surface area contributed by atoms with Crippen molar-refractivity contribution in [3.63, 3.8) is 0 Å². The summed E-state index contributed by atoms with van der Waals surface area (Å²) in [5.74, 6) is 0.643. The Morgan fingerprint density at radius 3 is 2.86 bits per heavy atom. The summed E-state index contributed by atoms with van der Waals surface area (Å²) in [6, 6.07) is 5.74. The van der Waals surface area contributed by atoms with E-state index in [0.717, 1.165) is 6.42 Å². The van der Waals surface area contributed by atoms with Crippen molar-refractivity contribution in [1.82, 2.24) is 4.98 Å². The van der Waals surface area contributed by atoms with Crippen molar-refractivity contribution in [1.29, 1.82) is 0 Å². The summed E-state index contributed by atoms with van der Waals surface area (Å²) in [4.78, 5) is 4.10. The van der Waals surface area contributed by atoms with Crippen LogP contribution in [0.1, 0.15) is 30.5 Å². The first-order valence-electron chi connectivity index (χ1n) is 6.83. The Morgan fingerprint density at radius 1 is 1.33 bits per heavy atom. The standard InChI is InChI=1S/C16H19FN2O2/c1-3-7-21-12-8-11(9-19-10-12)16(18)15-13(17)5-4-6-14(15)20-2/h4-6,8-10,16H,3,7,18H2,1-2H3. The molecule has 2 N–H and O–H groups in total. The maximum absolute atomic E-state index is 14.1. The molecule has 0 radical (unpaired) electrons. The summed E-state index contributed by atoms with van der Waals surface area (Å²) >= 11 is 0. The van der Waals surface area contributed by atoms with Gasteiger partial charge in [0.25, 0.3) is 0 Å². The van der Waals surface area contributed by atoms with E-state index in [9.17, 15) is 4.39 Å². The fourth-order valence-corrected chi connectivity index (χ4v) is 2.07. The van der Waals surface area contributed by atoms with E-state index in [4.69, 9.17) is 15.2 Å². The third-order valence-corrected chi connectivity index (χ3v) is 3.11. The lowest BCUT2D eigenvalue weighted by Gasteiger charge is -2.17. The molecule has 2 rings (SSSR count). The summed E-state index contributed by atoms with van der Waals surface area (Å²) < 4.78 is 24.8. The number of methoxy groups -OCH3 is 1. The van der Waals surface area contributed by atoms with Gasteiger partial charge in [-0.2, -0.15) is 0 Å². The van der Waals surface area contributed by atoms with Crippen LogP contribution in [0, 0.1) is 5.82 Å². The van der Waals surface area contributed by atoms with Gasteiger partial charge in [-0.05, 0) is 30.2 Å². The number of nitrogens with two attached hydrogens (primary N) is 1. The average molecular weight is 290 g/mol. The minimum Gasteiger partial charge on any atom is -0.496 e. The highest BCUT2D eigenvalue weighted by Gasteiger charge is 2.19. The van der Waals surface area contributed by atoms with Crippen molar-refractivity contribution < 1.29 is 13.9 Å². The highest BCUT2D eigenvalue weighted by Crippen LogP contribution is 2.31. The second-order valence-electron chi connectivity index (χ2n) is 4.64. The van der Waals surface area contributed by atoms with Gasteiger partial charge >= 0.3 is 0 Å². The molecule has 0 saturated carbocycles. The Balaban J connectivity index is 2.34. The molecule has 1 atom stereocenters. The third kappa shape index (κ3) is 3.49. The molecule has 21 heavy (non-hydrogen) atoms. The van der Waals surface area contributed by atoms with E-state index in [2.05, 4.69) is 4.98 Å². The van der Waals surface area contributed by atoms with Crippen LogP contribution in [-0.2, 0) is 0 Å². The van der Waals surface area contributed by atoms with Crippen molar-refractivity contribution in [3.05, 3.63) is 53.6 Å². The normalized spacial score (nSPS) is 12.0. The van der Waals surface area contributed by atoms with Crippen LogP contribution in [0.2, 0.25) is 0 Å². The molecule has 0 fully saturated rings. The molecule has 1 unspecified atom stereocenters. The van der Waals surface area contributed by atoms with Gasteiger partial charge in [0, 0.05) is 6.20 Å². The molecule has 0 bridgehead atoms. The minimum absolute atomic E-state index is 0.314. The molecule has 5 heteroatoms. The first-order chi connectivity index (χ1) is 10.2. The second-order valence-corrected chi connectivity index (χ2v) is 4.64. The first kappa shape index (κ1) is 15.3. The zero-order valence-corrected chi connectivity index (χ0v) is 12.2. The number of hydrogen-bond donors (Lipinski definition) is 1. The number of ether oxygens (including phenoxy) is 2. The third-order valence-electron chi connectivity index (χ3n) is 3.11. The Labute approximate surface area is 123 Å². The molecule has 0 amide bonds. The van der Waals surface area contributed by atoms with Gasteiger partial charge in [0.15, 0.2) is 0 Å². The molecule has 112 valence electrons. The number of hydrogen-bond acceptors (Lipinski definition) is 4. The van der Waals surface area contributed by atoms with E-state index in [1.54, 1.807) is 30.6 Å². The van der Waals surface area contributed by atoms with Crippen molar-refractivity contribution in [2.75, 3.05) is 13.7 Å². The van der Waals surface area contributed by atoms with Crippen LogP contribution in [0.5, 0.6) is 11.5 Å². The number of halogens is 1. The quantitative estimate of drug-likeness (QED) is 0.888. The van der Waals surface area contributed by atoms with E-state index < -0.39 is 11.9 Å². The van der Waals surface area contributed by atoms with Crippen LogP contribution in [-0.4, -0.2) is 18.7 Å². The van der Waals surface area contributed by atoms with Gasteiger partial charge < -0.3 is 15.2 Å². The van der Waals surface area contributed by atoms with Gasteiger partial charge in [-0.15, -0.1) is 0 Å². The molecule has 0 aliphatic heterocycles. The fraction of sp³-hybridized carbons (Fsp3) is 0.312. The van der Waals surface area contributed by atoms with Crippen LogP contribution >= 0.6 is 0 Å². The van der Waals surface area contributed by atoms with Gasteiger partial charge in [0.1, 0.15) is 17.3 Å². The van der Waals surface area contributed by atoms with Crippen molar-refractivity contribution in [3.8, 4) is 11.5 Å². The molecular formula is C16H19FN2O2.